The molecule has 0 bridgehead atoms. The van der Waals surface area contributed by atoms with Gasteiger partial charge in [-0.1, -0.05) is 55.0 Å². The molecule has 0 spiro atoms. The molecule has 2 aromatic carbocycles. The van der Waals surface area contributed by atoms with Crippen molar-refractivity contribution in [2.75, 3.05) is 6.61 Å². The van der Waals surface area contributed by atoms with Gasteiger partial charge in [0, 0.05) is 23.0 Å². The van der Waals surface area contributed by atoms with Gasteiger partial charge in [-0.25, -0.2) is 4.98 Å². The number of benzene rings is 2. The highest BCUT2D eigenvalue weighted by atomic mass is 16.5. The van der Waals surface area contributed by atoms with Crippen molar-refractivity contribution >= 4 is 5.97 Å². The van der Waals surface area contributed by atoms with E-state index in [1.165, 1.54) is 5.56 Å². The summed E-state index contributed by atoms with van der Waals surface area (Å²) in [5, 5.41) is 8.98. The second-order valence-corrected chi connectivity index (χ2v) is 7.87. The first-order valence-corrected chi connectivity index (χ1v) is 10.5. The van der Waals surface area contributed by atoms with E-state index in [1.807, 2.05) is 24.4 Å². The third-order valence-corrected chi connectivity index (χ3v) is 5.38. The highest BCUT2D eigenvalue weighted by Gasteiger charge is 2.13. The molecule has 30 heavy (non-hydrogen) atoms. The van der Waals surface area contributed by atoms with E-state index in [2.05, 4.69) is 53.7 Å². The minimum absolute atomic E-state index is 0.304. The molecule has 0 aliphatic rings. The predicted octanol–water partition coefficient (Wildman–Crippen LogP) is 5.49. The number of hydrogen-bond donors (Lipinski definition) is 1. The number of aromatic nitrogens is 2. The van der Waals surface area contributed by atoms with Gasteiger partial charge < -0.3 is 14.4 Å². The van der Waals surface area contributed by atoms with Crippen molar-refractivity contribution in [1.29, 1.82) is 0 Å². The summed E-state index contributed by atoms with van der Waals surface area (Å²) in [6.07, 6.45) is 4.26. The van der Waals surface area contributed by atoms with Gasteiger partial charge in [0.15, 0.2) is 0 Å². The van der Waals surface area contributed by atoms with Crippen LogP contribution in [0.3, 0.4) is 0 Å². The first-order valence-electron chi connectivity index (χ1n) is 10.5. The number of aryl methyl sites for hydroxylation is 2. The molecule has 1 aromatic heterocycles. The minimum Gasteiger partial charge on any atom is -0.493 e. The fourth-order valence-electron chi connectivity index (χ4n) is 3.40. The number of unbranched alkanes of at least 4 members (excludes halogenated alkanes) is 1. The van der Waals surface area contributed by atoms with Crippen molar-refractivity contribution in [2.24, 2.45) is 5.92 Å². The fraction of sp³-hybridized carbons (Fsp3) is 0.360. The van der Waals surface area contributed by atoms with Crippen LogP contribution in [0.25, 0.3) is 11.4 Å². The zero-order valence-corrected chi connectivity index (χ0v) is 18.0. The molecule has 0 radical (unpaired) electrons. The molecular weight excluding hydrogens is 376 g/mol. The van der Waals surface area contributed by atoms with Gasteiger partial charge in [0.25, 0.3) is 0 Å². The summed E-state index contributed by atoms with van der Waals surface area (Å²) in [5.74, 6) is 0.778. The molecule has 158 valence electrons. The topological polar surface area (TPSA) is 64.4 Å². The fourth-order valence-corrected chi connectivity index (χ4v) is 3.40. The molecule has 0 aliphatic heterocycles. The van der Waals surface area contributed by atoms with Gasteiger partial charge in [-0.2, -0.15) is 0 Å². The molecule has 1 atom stereocenters. The number of imidazole rings is 1. The van der Waals surface area contributed by atoms with E-state index in [1.54, 1.807) is 6.92 Å². The van der Waals surface area contributed by atoms with E-state index < -0.39 is 5.97 Å². The van der Waals surface area contributed by atoms with Crippen LogP contribution < -0.4 is 4.74 Å². The van der Waals surface area contributed by atoms with E-state index >= 15 is 0 Å². The molecule has 0 aliphatic carbocycles. The van der Waals surface area contributed by atoms with E-state index in [4.69, 9.17) is 9.84 Å². The number of hydrogen-bond acceptors (Lipinski definition) is 3. The third kappa shape index (κ3) is 5.50. The van der Waals surface area contributed by atoms with Crippen molar-refractivity contribution in [3.63, 3.8) is 0 Å². The maximum absolute atomic E-state index is 10.9. The van der Waals surface area contributed by atoms with Crippen LogP contribution in [-0.2, 0) is 11.3 Å². The van der Waals surface area contributed by atoms with Crippen LogP contribution in [0.4, 0.5) is 0 Å². The number of rotatable bonds is 10. The van der Waals surface area contributed by atoms with E-state index in [0.717, 1.165) is 41.2 Å². The monoisotopic (exact) mass is 406 g/mol. The Hall–Kier alpha value is -3.08. The van der Waals surface area contributed by atoms with E-state index in [9.17, 15) is 4.79 Å². The van der Waals surface area contributed by atoms with Gasteiger partial charge in [0.2, 0.25) is 0 Å². The number of carboxylic acids is 1. The molecule has 1 N–H and O–H groups in total. The van der Waals surface area contributed by atoms with Crippen molar-refractivity contribution < 1.29 is 14.6 Å². The van der Waals surface area contributed by atoms with Gasteiger partial charge >= 0.3 is 5.97 Å². The molecule has 5 heteroatoms. The zero-order valence-electron chi connectivity index (χ0n) is 18.0. The summed E-state index contributed by atoms with van der Waals surface area (Å²) in [5.41, 5.74) is 4.53. The third-order valence-electron chi connectivity index (χ3n) is 5.38. The van der Waals surface area contributed by atoms with Crippen LogP contribution in [0.2, 0.25) is 0 Å². The standard InChI is InChI=1S/C25H30N2O3/c1-18-11-13-21(14-12-18)24-26-16-20(3)27(24)17-22-9-4-5-10-23(22)30-15-7-6-8-19(2)25(28)29/h4-5,9-14,16,19H,6-8,15,17H2,1-3H3,(H,28,29). The molecule has 3 aromatic rings. The Morgan fingerprint density at radius 3 is 2.57 bits per heavy atom. The van der Waals surface area contributed by atoms with Crippen LogP contribution >= 0.6 is 0 Å². The van der Waals surface area contributed by atoms with Crippen LogP contribution in [0, 0.1) is 19.8 Å². The second-order valence-electron chi connectivity index (χ2n) is 7.87. The molecule has 0 amide bonds. The van der Waals surface area contributed by atoms with Crippen LogP contribution in [0.5, 0.6) is 5.75 Å². The van der Waals surface area contributed by atoms with Gasteiger partial charge in [-0.3, -0.25) is 4.79 Å². The minimum atomic E-state index is -0.735. The normalized spacial score (nSPS) is 12.0. The Kier molecular flexibility index (Phi) is 7.28. The highest BCUT2D eigenvalue weighted by molar-refractivity contribution is 5.69. The quantitative estimate of drug-likeness (QED) is 0.453. The molecule has 0 saturated heterocycles. The smallest absolute Gasteiger partial charge is 0.306 e. The molecule has 5 nitrogen and oxygen atoms in total. The van der Waals surface area contributed by atoms with Crippen molar-refractivity contribution in [1.82, 2.24) is 9.55 Å². The molecule has 0 fully saturated rings. The molecular formula is C25H30N2O3. The molecule has 3 rings (SSSR count). The zero-order chi connectivity index (χ0) is 21.5. The summed E-state index contributed by atoms with van der Waals surface area (Å²) >= 11 is 0. The Balaban J connectivity index is 1.68. The molecule has 0 saturated carbocycles. The largest absolute Gasteiger partial charge is 0.493 e. The lowest BCUT2D eigenvalue weighted by Gasteiger charge is -2.15. The number of para-hydroxylation sites is 1. The lowest BCUT2D eigenvalue weighted by atomic mass is 10.1. The van der Waals surface area contributed by atoms with Crippen molar-refractivity contribution in [3.8, 4) is 17.1 Å². The van der Waals surface area contributed by atoms with Crippen molar-refractivity contribution in [3.05, 3.63) is 71.5 Å². The maximum Gasteiger partial charge on any atom is 0.306 e. The Morgan fingerprint density at radius 1 is 1.10 bits per heavy atom. The first kappa shape index (κ1) is 21.6. The summed E-state index contributed by atoms with van der Waals surface area (Å²) in [6.45, 7) is 7.16. The summed E-state index contributed by atoms with van der Waals surface area (Å²) < 4.78 is 8.26. The van der Waals surface area contributed by atoms with Crippen LogP contribution in [0.15, 0.2) is 54.7 Å². The number of carboxylic acid groups (broad SMARTS) is 1. The van der Waals surface area contributed by atoms with Gasteiger partial charge in [-0.15, -0.1) is 0 Å². The SMILES string of the molecule is Cc1ccc(-c2ncc(C)n2Cc2ccccc2OCCCCC(C)C(=O)O)cc1. The number of carbonyl (C=O) groups is 1. The van der Waals surface area contributed by atoms with Crippen molar-refractivity contribution in [2.45, 2.75) is 46.6 Å². The van der Waals surface area contributed by atoms with Gasteiger partial charge in [0.05, 0.1) is 19.1 Å². The summed E-state index contributed by atoms with van der Waals surface area (Å²) in [7, 11) is 0. The number of aliphatic carboxylic acids is 1. The van der Waals surface area contributed by atoms with Crippen LogP contribution in [0.1, 0.15) is 43.0 Å². The first-order chi connectivity index (χ1) is 14.5. The predicted molar refractivity (Wildman–Crippen MR) is 119 cm³/mol. The second kappa shape index (κ2) is 10.1. The number of nitrogens with zero attached hydrogens (tertiary/aromatic N) is 2. The average Bonchev–Trinajstić information content (AvgIpc) is 3.09. The Bertz CT molecular complexity index is 976. The lowest BCUT2D eigenvalue weighted by Crippen LogP contribution is -2.10. The lowest BCUT2D eigenvalue weighted by molar-refractivity contribution is -0.141. The number of ether oxygens (including phenoxy) is 1. The van der Waals surface area contributed by atoms with Gasteiger partial charge in [-0.05, 0) is 39.2 Å². The van der Waals surface area contributed by atoms with E-state index in [0.29, 0.717) is 19.6 Å². The van der Waals surface area contributed by atoms with Crippen LogP contribution in [-0.4, -0.2) is 27.2 Å². The average molecular weight is 407 g/mol. The van der Waals surface area contributed by atoms with Gasteiger partial charge in [0.1, 0.15) is 11.6 Å². The Morgan fingerprint density at radius 2 is 1.83 bits per heavy atom. The van der Waals surface area contributed by atoms with E-state index in [-0.39, 0.29) is 5.92 Å². The maximum atomic E-state index is 10.9. The summed E-state index contributed by atoms with van der Waals surface area (Å²) in [4.78, 5) is 15.5. The Labute approximate surface area is 178 Å². The molecule has 1 heterocycles. The highest BCUT2D eigenvalue weighted by Crippen LogP contribution is 2.25. The molecule has 1 unspecified atom stereocenters. The summed E-state index contributed by atoms with van der Waals surface area (Å²) in [6, 6.07) is 16.5.